The van der Waals surface area contributed by atoms with Crippen LogP contribution >= 0.6 is 0 Å². The van der Waals surface area contributed by atoms with E-state index in [1.807, 2.05) is 39.1 Å². The van der Waals surface area contributed by atoms with Crippen LogP contribution in [-0.2, 0) is 27.1 Å². The molecule has 4 rings (SSSR count). The molecule has 312 valence electrons. The summed E-state index contributed by atoms with van der Waals surface area (Å²) in [7, 11) is 3.55. The molecule has 2 aliphatic carbocycles. The third-order valence-electron chi connectivity index (χ3n) is 13.2. The van der Waals surface area contributed by atoms with Crippen molar-refractivity contribution in [3.8, 4) is 0 Å². The molecular formula is C46H70N2O8. The van der Waals surface area contributed by atoms with E-state index in [1.165, 1.54) is 11.1 Å². The number of carbonyl (C=O) groups excluding carboxylic acids is 1. The van der Waals surface area contributed by atoms with Gasteiger partial charge in [0.15, 0.2) is 0 Å². The van der Waals surface area contributed by atoms with Crippen molar-refractivity contribution in [1.29, 1.82) is 0 Å². The Morgan fingerprint density at radius 2 is 1.93 bits per heavy atom. The van der Waals surface area contributed by atoms with Crippen molar-refractivity contribution < 1.29 is 39.8 Å². The number of aldehydes is 1. The molecule has 0 unspecified atom stereocenters. The van der Waals surface area contributed by atoms with E-state index in [1.54, 1.807) is 7.11 Å². The van der Waals surface area contributed by atoms with Crippen LogP contribution in [-0.4, -0.2) is 103 Å². The largest absolute Gasteiger partial charge is 0.396 e. The molecule has 0 radical (unpaired) electrons. The number of benzene rings is 1. The van der Waals surface area contributed by atoms with Gasteiger partial charge >= 0.3 is 0 Å². The number of aliphatic hydroxyl groups is 5. The Morgan fingerprint density at radius 3 is 2.62 bits per heavy atom. The maximum absolute atomic E-state index is 12.6. The van der Waals surface area contributed by atoms with Gasteiger partial charge in [0.2, 0.25) is 0 Å². The van der Waals surface area contributed by atoms with E-state index < -0.39 is 30.1 Å². The number of hydrogen-bond acceptors (Lipinski definition) is 10. The minimum Gasteiger partial charge on any atom is -0.396 e. The van der Waals surface area contributed by atoms with Crippen LogP contribution < -0.4 is 10.6 Å². The molecule has 1 spiro atoms. The van der Waals surface area contributed by atoms with Crippen LogP contribution in [0.25, 0.3) is 0 Å². The topological polar surface area (TPSA) is 161 Å². The van der Waals surface area contributed by atoms with E-state index in [-0.39, 0.29) is 36.5 Å². The van der Waals surface area contributed by atoms with Crippen LogP contribution in [0.5, 0.6) is 0 Å². The summed E-state index contributed by atoms with van der Waals surface area (Å²) in [5, 5.41) is 62.6. The fourth-order valence-corrected chi connectivity index (χ4v) is 9.95. The summed E-state index contributed by atoms with van der Waals surface area (Å²) in [5.41, 5.74) is 4.06. The lowest BCUT2D eigenvalue weighted by molar-refractivity contribution is -0.180. The third-order valence-corrected chi connectivity index (χ3v) is 13.2. The van der Waals surface area contributed by atoms with Gasteiger partial charge in [-0.05, 0) is 145 Å². The summed E-state index contributed by atoms with van der Waals surface area (Å²) in [6.45, 7) is 11.1. The van der Waals surface area contributed by atoms with Crippen molar-refractivity contribution in [2.75, 3.05) is 47.3 Å². The second kappa shape index (κ2) is 21.3. The van der Waals surface area contributed by atoms with E-state index in [0.29, 0.717) is 70.1 Å². The smallest absolute Gasteiger partial charge is 0.145 e. The summed E-state index contributed by atoms with van der Waals surface area (Å²) >= 11 is 0. The van der Waals surface area contributed by atoms with E-state index in [0.717, 1.165) is 47.8 Å². The summed E-state index contributed by atoms with van der Waals surface area (Å²) in [5.74, 6) is -0.599. The fourth-order valence-electron chi connectivity index (χ4n) is 9.95. The van der Waals surface area contributed by atoms with Gasteiger partial charge in [0.1, 0.15) is 19.3 Å². The second-order valence-corrected chi connectivity index (χ2v) is 16.8. The van der Waals surface area contributed by atoms with E-state index >= 15 is 0 Å². The van der Waals surface area contributed by atoms with Crippen LogP contribution in [0.15, 0.2) is 83.0 Å². The van der Waals surface area contributed by atoms with Gasteiger partial charge in [-0.15, -0.1) is 0 Å². The highest BCUT2D eigenvalue weighted by molar-refractivity contribution is 5.74. The number of methoxy groups -OCH3 is 1. The molecule has 1 heterocycles. The first kappa shape index (κ1) is 45.9. The molecular weight excluding hydrogens is 709 g/mol. The van der Waals surface area contributed by atoms with E-state index in [2.05, 4.69) is 54.5 Å². The minimum atomic E-state index is -1.20. The first-order valence-corrected chi connectivity index (χ1v) is 20.6. The molecule has 8 atom stereocenters. The zero-order chi connectivity index (χ0) is 40.9. The molecule has 10 nitrogen and oxygen atoms in total. The van der Waals surface area contributed by atoms with Gasteiger partial charge in [-0.2, -0.15) is 0 Å². The number of aliphatic hydroxyl groups excluding tert-OH is 4. The molecule has 2 bridgehead atoms. The third kappa shape index (κ3) is 10.8. The Hall–Kier alpha value is -2.77. The molecule has 3 aliphatic rings. The van der Waals surface area contributed by atoms with E-state index in [4.69, 9.17) is 9.47 Å². The average Bonchev–Trinajstić information content (AvgIpc) is 3.52. The standard InChI is InChI=1S/C46H70N2O8/c1-32(37-16-15-33(2)43(53)48-44(4,22-25-55-6)28-36-12-8-11-35(26-36)27-37)10-7-13-38(30-56-31-51)40-18-20-46(42(40)52)41(14-9-24-49)39(34(3)29-50)17-19-45(46,54)21-23-47-5/h7-8,10-13,15,26,29,37,40-43,47-49,51-54H,1,9,14,16-25,27-28,30-31H2,2-6H3/t37-,40+,41-,42+,43+,44-,45-,46+/m0/s1. The zero-order valence-electron chi connectivity index (χ0n) is 34.6. The molecule has 2 fully saturated rings. The number of allylic oxidation sites excluding steroid dienone is 7. The highest BCUT2D eigenvalue weighted by Crippen LogP contribution is 2.64. The van der Waals surface area contributed by atoms with Crippen LogP contribution in [0.3, 0.4) is 0 Å². The van der Waals surface area contributed by atoms with Crippen molar-refractivity contribution >= 4 is 6.29 Å². The molecule has 0 amide bonds. The molecule has 1 aromatic rings. The van der Waals surface area contributed by atoms with Crippen LogP contribution in [0.1, 0.15) is 89.7 Å². The summed E-state index contributed by atoms with van der Waals surface area (Å²) in [6.07, 6.45) is 13.6. The number of rotatable bonds is 17. The number of ether oxygens (including phenoxy) is 2. The van der Waals surface area contributed by atoms with Gasteiger partial charge in [-0.1, -0.05) is 66.3 Å². The maximum Gasteiger partial charge on any atom is 0.145 e. The number of hydrogen-bond donors (Lipinski definition) is 7. The van der Waals surface area contributed by atoms with Gasteiger partial charge in [0, 0.05) is 37.2 Å². The van der Waals surface area contributed by atoms with Gasteiger partial charge in [-0.25, -0.2) is 0 Å². The van der Waals surface area contributed by atoms with E-state index in [9.17, 15) is 30.3 Å². The van der Waals surface area contributed by atoms with Crippen molar-refractivity contribution in [3.05, 3.63) is 94.1 Å². The average molecular weight is 779 g/mol. The van der Waals surface area contributed by atoms with Crippen LogP contribution in [0, 0.1) is 23.2 Å². The predicted molar refractivity (Wildman–Crippen MR) is 222 cm³/mol. The SMILES string of the molecule is C=C(C=CC=C(COCO)[C@H]1CC[C@]2([C@@H]1O)[C@@H](CCCO)C(=C(C)C=O)CC[C@]2(O)CCNC)[C@H]1CC=C(C)[C@@H](O)N[C@@](C)(CCOC)Cc2cccc(c2)C1. The minimum absolute atomic E-state index is 0.0216. The molecule has 56 heavy (non-hydrogen) atoms. The number of nitrogens with one attached hydrogen (secondary N) is 2. The first-order chi connectivity index (χ1) is 26.8. The summed E-state index contributed by atoms with van der Waals surface area (Å²) in [6, 6.07) is 8.63. The molecule has 0 aromatic heterocycles. The Bertz CT molecular complexity index is 1590. The second-order valence-electron chi connectivity index (χ2n) is 16.8. The highest BCUT2D eigenvalue weighted by Gasteiger charge is 2.65. The van der Waals surface area contributed by atoms with Gasteiger partial charge < -0.3 is 40.3 Å². The van der Waals surface area contributed by atoms with Crippen molar-refractivity contribution in [2.45, 2.75) is 115 Å². The quantitative estimate of drug-likeness (QED) is 0.0367. The predicted octanol–water partition coefficient (Wildman–Crippen LogP) is 5.24. The lowest BCUT2D eigenvalue weighted by atomic mass is 9.51. The van der Waals surface area contributed by atoms with Crippen LogP contribution in [0.2, 0.25) is 0 Å². The van der Waals surface area contributed by atoms with Crippen molar-refractivity contribution in [1.82, 2.24) is 10.6 Å². The maximum atomic E-state index is 12.6. The molecule has 7 N–H and O–H groups in total. The van der Waals surface area contributed by atoms with Crippen molar-refractivity contribution in [3.63, 3.8) is 0 Å². The lowest BCUT2D eigenvalue weighted by Crippen LogP contribution is -2.61. The fraction of sp³-hybridized carbons (Fsp3) is 0.630. The Morgan fingerprint density at radius 1 is 1.16 bits per heavy atom. The first-order valence-electron chi connectivity index (χ1n) is 20.6. The molecule has 10 heteroatoms. The molecule has 2 saturated carbocycles. The van der Waals surface area contributed by atoms with Gasteiger partial charge in [-0.3, -0.25) is 10.1 Å². The van der Waals surface area contributed by atoms with Gasteiger partial charge in [0.05, 0.1) is 18.3 Å². The monoisotopic (exact) mass is 779 g/mol. The number of carbonyl (C=O) groups is 1. The Balaban J connectivity index is 1.66. The highest BCUT2D eigenvalue weighted by atomic mass is 16.6. The normalized spacial score (nSPS) is 32.6. The van der Waals surface area contributed by atoms with Gasteiger partial charge in [0.25, 0.3) is 0 Å². The number of fused-ring (bicyclic) bond motifs is 2. The molecule has 1 aromatic carbocycles. The van der Waals surface area contributed by atoms with Crippen molar-refractivity contribution in [2.24, 2.45) is 23.2 Å². The zero-order valence-corrected chi connectivity index (χ0v) is 34.6. The lowest BCUT2D eigenvalue weighted by Gasteiger charge is -2.57. The van der Waals surface area contributed by atoms with Crippen LogP contribution in [0.4, 0.5) is 0 Å². The Labute approximate surface area is 335 Å². The molecule has 0 saturated heterocycles. The summed E-state index contributed by atoms with van der Waals surface area (Å²) in [4.78, 5) is 12.1. The summed E-state index contributed by atoms with van der Waals surface area (Å²) < 4.78 is 11.0. The molecule has 1 aliphatic heterocycles. The Kier molecular flexibility index (Phi) is 17.5.